The first-order chi connectivity index (χ1) is 12.5. The molecule has 0 amide bonds. The summed E-state index contributed by atoms with van der Waals surface area (Å²) in [6.07, 6.45) is -4.50. The van der Waals surface area contributed by atoms with Gasteiger partial charge in [-0.1, -0.05) is 30.3 Å². The highest BCUT2D eigenvalue weighted by molar-refractivity contribution is 6.62. The molecule has 2 aromatic carbocycles. The van der Waals surface area contributed by atoms with E-state index in [1.165, 1.54) is 0 Å². The van der Waals surface area contributed by atoms with Crippen LogP contribution >= 0.6 is 0 Å². The van der Waals surface area contributed by atoms with Crippen molar-refractivity contribution in [2.75, 3.05) is 0 Å². The van der Waals surface area contributed by atoms with Gasteiger partial charge in [0.05, 0.1) is 16.8 Å². The van der Waals surface area contributed by atoms with Crippen LogP contribution in [-0.4, -0.2) is 18.3 Å². The van der Waals surface area contributed by atoms with Gasteiger partial charge in [0, 0.05) is 0 Å². The second kappa shape index (κ2) is 6.87. The van der Waals surface area contributed by atoms with Crippen molar-refractivity contribution in [2.24, 2.45) is 0 Å². The highest BCUT2D eigenvalue weighted by Gasteiger charge is 2.52. The van der Waals surface area contributed by atoms with Crippen LogP contribution in [0.25, 0.3) is 0 Å². The van der Waals surface area contributed by atoms with Gasteiger partial charge in [0.2, 0.25) is 0 Å². The summed E-state index contributed by atoms with van der Waals surface area (Å²) in [5.41, 5.74) is -0.926. The van der Waals surface area contributed by atoms with E-state index < -0.39 is 30.1 Å². The highest BCUT2D eigenvalue weighted by atomic mass is 19.4. The van der Waals surface area contributed by atoms with Crippen LogP contribution in [0.15, 0.2) is 48.5 Å². The summed E-state index contributed by atoms with van der Waals surface area (Å²) in [6.45, 7) is 7.59. The van der Waals surface area contributed by atoms with Crippen LogP contribution in [-0.2, 0) is 22.1 Å². The maximum absolute atomic E-state index is 13.4. The Morgan fingerprint density at radius 2 is 1.52 bits per heavy atom. The first-order valence-electron chi connectivity index (χ1n) is 8.72. The van der Waals surface area contributed by atoms with Crippen LogP contribution in [0.5, 0.6) is 5.75 Å². The molecule has 0 radical (unpaired) electrons. The maximum Gasteiger partial charge on any atom is 0.494 e. The molecule has 1 heterocycles. The van der Waals surface area contributed by atoms with Crippen LogP contribution in [0.1, 0.15) is 38.8 Å². The SMILES string of the molecule is CC1(C)OB(c2cc(OCc3ccccc3)cc(C(F)(F)F)c2)OC1(C)C. The molecule has 1 saturated heterocycles. The Hall–Kier alpha value is -1.99. The van der Waals surface area contributed by atoms with Crippen molar-refractivity contribution >= 4 is 12.6 Å². The molecule has 144 valence electrons. The fourth-order valence-electron chi connectivity index (χ4n) is 2.73. The normalized spacial score (nSPS) is 18.6. The number of alkyl halides is 3. The summed E-state index contributed by atoms with van der Waals surface area (Å²) in [7, 11) is -0.892. The zero-order chi connectivity index (χ0) is 19.9. The number of hydrogen-bond donors (Lipinski definition) is 0. The van der Waals surface area contributed by atoms with Crippen molar-refractivity contribution in [2.45, 2.75) is 51.7 Å². The van der Waals surface area contributed by atoms with E-state index in [1.54, 1.807) is 6.07 Å². The molecule has 27 heavy (non-hydrogen) atoms. The number of benzene rings is 2. The molecule has 3 nitrogen and oxygen atoms in total. The Balaban J connectivity index is 1.90. The van der Waals surface area contributed by atoms with E-state index in [0.717, 1.165) is 17.7 Å². The topological polar surface area (TPSA) is 27.7 Å². The molecule has 0 unspecified atom stereocenters. The molecule has 0 aromatic heterocycles. The van der Waals surface area contributed by atoms with Crippen molar-refractivity contribution in [3.8, 4) is 5.75 Å². The van der Waals surface area contributed by atoms with Crippen molar-refractivity contribution in [1.82, 2.24) is 0 Å². The van der Waals surface area contributed by atoms with Gasteiger partial charge in [-0.15, -0.1) is 0 Å². The third-order valence-electron chi connectivity index (χ3n) is 5.03. The highest BCUT2D eigenvalue weighted by Crippen LogP contribution is 2.37. The van der Waals surface area contributed by atoms with Crippen LogP contribution < -0.4 is 10.2 Å². The van der Waals surface area contributed by atoms with E-state index in [0.29, 0.717) is 0 Å². The summed E-state index contributed by atoms with van der Waals surface area (Å²) < 4.78 is 57.5. The predicted molar refractivity (Wildman–Crippen MR) is 97.9 cm³/mol. The number of ether oxygens (including phenoxy) is 1. The molecule has 0 spiro atoms. The number of halogens is 3. The molecular weight excluding hydrogens is 356 g/mol. The Labute approximate surface area is 157 Å². The van der Waals surface area contributed by atoms with Gasteiger partial charge >= 0.3 is 13.3 Å². The maximum atomic E-state index is 13.4. The lowest BCUT2D eigenvalue weighted by atomic mass is 9.78. The van der Waals surface area contributed by atoms with E-state index in [2.05, 4.69) is 0 Å². The minimum Gasteiger partial charge on any atom is -0.489 e. The Morgan fingerprint density at radius 3 is 2.07 bits per heavy atom. The van der Waals surface area contributed by atoms with Crippen LogP contribution in [0.4, 0.5) is 13.2 Å². The van der Waals surface area contributed by atoms with E-state index >= 15 is 0 Å². The van der Waals surface area contributed by atoms with Gasteiger partial charge in [-0.2, -0.15) is 13.2 Å². The quantitative estimate of drug-likeness (QED) is 0.729. The van der Waals surface area contributed by atoms with Gasteiger partial charge in [0.25, 0.3) is 0 Å². The fourth-order valence-corrected chi connectivity index (χ4v) is 2.73. The summed E-state index contributed by atoms with van der Waals surface area (Å²) in [5, 5.41) is 0. The third kappa shape index (κ3) is 4.30. The largest absolute Gasteiger partial charge is 0.494 e. The molecule has 0 bridgehead atoms. The molecule has 0 N–H and O–H groups in total. The van der Waals surface area contributed by atoms with Gasteiger partial charge < -0.3 is 14.0 Å². The average Bonchev–Trinajstić information content (AvgIpc) is 2.81. The summed E-state index contributed by atoms with van der Waals surface area (Å²) in [5.74, 6) is 0.124. The summed E-state index contributed by atoms with van der Waals surface area (Å²) in [4.78, 5) is 0. The van der Waals surface area contributed by atoms with E-state index in [4.69, 9.17) is 14.0 Å². The van der Waals surface area contributed by atoms with Crippen LogP contribution in [0.2, 0.25) is 0 Å². The smallest absolute Gasteiger partial charge is 0.489 e. The first kappa shape index (κ1) is 19.8. The first-order valence-corrected chi connectivity index (χ1v) is 8.72. The van der Waals surface area contributed by atoms with E-state index in [-0.39, 0.29) is 17.8 Å². The van der Waals surface area contributed by atoms with Crippen molar-refractivity contribution < 1.29 is 27.2 Å². The van der Waals surface area contributed by atoms with Crippen molar-refractivity contribution in [3.05, 3.63) is 59.7 Å². The fraction of sp³-hybridized carbons (Fsp3) is 0.400. The molecule has 1 aliphatic heterocycles. The van der Waals surface area contributed by atoms with E-state index in [9.17, 15) is 13.2 Å². The zero-order valence-electron chi connectivity index (χ0n) is 15.8. The van der Waals surface area contributed by atoms with E-state index in [1.807, 2.05) is 58.0 Å². The molecule has 0 atom stereocenters. The lowest BCUT2D eigenvalue weighted by molar-refractivity contribution is -0.137. The van der Waals surface area contributed by atoms with Crippen molar-refractivity contribution in [1.29, 1.82) is 0 Å². The van der Waals surface area contributed by atoms with Gasteiger partial charge in [0.1, 0.15) is 12.4 Å². The molecular formula is C20H22BF3O3. The standard InChI is InChI=1S/C20H22BF3O3/c1-18(2)19(3,4)27-21(26-18)16-10-15(20(22,23)24)11-17(12-16)25-13-14-8-6-5-7-9-14/h5-12H,13H2,1-4H3. The van der Waals surface area contributed by atoms with Crippen molar-refractivity contribution in [3.63, 3.8) is 0 Å². The molecule has 1 fully saturated rings. The molecule has 1 aliphatic rings. The zero-order valence-corrected chi connectivity index (χ0v) is 15.8. The Bertz CT molecular complexity index is 788. The average molecular weight is 378 g/mol. The van der Waals surface area contributed by atoms with Gasteiger partial charge in [0.15, 0.2) is 0 Å². The lowest BCUT2D eigenvalue weighted by Gasteiger charge is -2.32. The Kier molecular flexibility index (Phi) is 5.03. The second-order valence-corrected chi connectivity index (χ2v) is 7.65. The van der Waals surface area contributed by atoms with Gasteiger partial charge in [-0.3, -0.25) is 0 Å². The van der Waals surface area contributed by atoms with Crippen LogP contribution in [0.3, 0.4) is 0 Å². The predicted octanol–water partition coefficient (Wildman–Crippen LogP) is 4.58. The monoisotopic (exact) mass is 378 g/mol. The minimum atomic E-state index is -4.50. The third-order valence-corrected chi connectivity index (χ3v) is 5.03. The lowest BCUT2D eigenvalue weighted by Crippen LogP contribution is -2.41. The molecule has 2 aromatic rings. The van der Waals surface area contributed by atoms with Gasteiger partial charge in [-0.25, -0.2) is 0 Å². The Morgan fingerprint density at radius 1 is 0.926 bits per heavy atom. The molecule has 7 heteroatoms. The molecule has 3 rings (SSSR count). The minimum absolute atomic E-state index is 0.124. The number of hydrogen-bond acceptors (Lipinski definition) is 3. The summed E-state index contributed by atoms with van der Waals surface area (Å²) in [6, 6.07) is 12.9. The molecule has 0 saturated carbocycles. The van der Waals surface area contributed by atoms with Gasteiger partial charge in [-0.05, 0) is 56.9 Å². The van der Waals surface area contributed by atoms with Crippen LogP contribution in [0, 0.1) is 0 Å². The number of rotatable bonds is 4. The molecule has 0 aliphatic carbocycles. The second-order valence-electron chi connectivity index (χ2n) is 7.65. The summed E-state index contributed by atoms with van der Waals surface area (Å²) >= 11 is 0.